The number of benzene rings is 1. The fourth-order valence-corrected chi connectivity index (χ4v) is 2.52. The Morgan fingerprint density at radius 2 is 2.08 bits per heavy atom. The number of hydrogen-bond donors (Lipinski definition) is 2. The Hall–Kier alpha value is -1.28. The lowest BCUT2D eigenvalue weighted by molar-refractivity contribution is 0.359. The highest BCUT2D eigenvalue weighted by molar-refractivity contribution is 14.0. The van der Waals surface area contributed by atoms with Crippen LogP contribution in [0, 0.1) is 5.41 Å². The van der Waals surface area contributed by atoms with Crippen molar-refractivity contribution >= 4 is 41.5 Å². The van der Waals surface area contributed by atoms with Crippen molar-refractivity contribution in [2.75, 3.05) is 13.6 Å². The molecule has 1 aromatic carbocycles. The molecular formula is C17H24ClIN4O. The first-order valence-corrected chi connectivity index (χ1v) is 7.94. The van der Waals surface area contributed by atoms with Crippen LogP contribution in [-0.2, 0) is 13.0 Å². The van der Waals surface area contributed by atoms with Gasteiger partial charge in [0.25, 0.3) is 0 Å². The second-order valence-corrected chi connectivity index (χ2v) is 6.68. The Balaban J connectivity index is 0.00000288. The molecule has 7 heteroatoms. The normalized spacial score (nSPS) is 11.8. The van der Waals surface area contributed by atoms with E-state index in [2.05, 4.69) is 40.7 Å². The Bertz CT molecular complexity index is 644. The minimum atomic E-state index is 0. The Kier molecular flexibility index (Phi) is 8.55. The number of aromatic nitrogens is 1. The van der Waals surface area contributed by atoms with E-state index in [1.807, 2.05) is 24.3 Å². The molecule has 5 nitrogen and oxygen atoms in total. The van der Waals surface area contributed by atoms with Crippen LogP contribution in [-0.4, -0.2) is 24.7 Å². The van der Waals surface area contributed by atoms with Crippen LogP contribution >= 0.6 is 35.6 Å². The summed E-state index contributed by atoms with van der Waals surface area (Å²) in [6.07, 6.45) is 2.49. The average molecular weight is 463 g/mol. The number of halogens is 2. The van der Waals surface area contributed by atoms with Crippen molar-refractivity contribution in [2.24, 2.45) is 10.4 Å². The summed E-state index contributed by atoms with van der Waals surface area (Å²) in [5.74, 6) is 0.743. The molecule has 0 aliphatic rings. The van der Waals surface area contributed by atoms with Crippen LogP contribution in [0.4, 0.5) is 0 Å². The smallest absolute Gasteiger partial charge is 0.191 e. The van der Waals surface area contributed by atoms with Gasteiger partial charge in [0, 0.05) is 24.7 Å². The predicted molar refractivity (Wildman–Crippen MR) is 109 cm³/mol. The second kappa shape index (κ2) is 9.88. The Morgan fingerprint density at radius 1 is 1.29 bits per heavy atom. The maximum atomic E-state index is 6.06. The zero-order valence-corrected chi connectivity index (χ0v) is 17.3. The van der Waals surface area contributed by atoms with Crippen LogP contribution in [0.25, 0.3) is 0 Å². The Labute approximate surface area is 165 Å². The molecule has 0 saturated carbocycles. The van der Waals surface area contributed by atoms with E-state index in [-0.39, 0.29) is 29.4 Å². The summed E-state index contributed by atoms with van der Waals surface area (Å²) in [7, 11) is 1.75. The van der Waals surface area contributed by atoms with Crippen molar-refractivity contribution in [1.29, 1.82) is 0 Å². The van der Waals surface area contributed by atoms with Gasteiger partial charge >= 0.3 is 0 Å². The van der Waals surface area contributed by atoms with Gasteiger partial charge in [0.1, 0.15) is 12.0 Å². The molecule has 132 valence electrons. The first-order valence-electron chi connectivity index (χ1n) is 7.57. The van der Waals surface area contributed by atoms with Gasteiger partial charge < -0.3 is 15.2 Å². The summed E-state index contributed by atoms with van der Waals surface area (Å²) in [4.78, 5) is 4.23. The fraction of sp³-hybridized carbons (Fsp3) is 0.412. The lowest BCUT2D eigenvalue weighted by Crippen LogP contribution is -2.42. The number of nitrogens with one attached hydrogen (secondary N) is 2. The number of nitrogens with zero attached hydrogens (tertiary/aromatic N) is 2. The first kappa shape index (κ1) is 20.8. The molecule has 0 saturated heterocycles. The topological polar surface area (TPSA) is 62.5 Å². The second-order valence-electron chi connectivity index (χ2n) is 6.24. The zero-order valence-electron chi connectivity index (χ0n) is 14.2. The summed E-state index contributed by atoms with van der Waals surface area (Å²) >= 11 is 6.06. The van der Waals surface area contributed by atoms with E-state index in [4.69, 9.17) is 16.1 Å². The minimum absolute atomic E-state index is 0. The molecule has 1 heterocycles. The molecule has 0 aliphatic heterocycles. The lowest BCUT2D eigenvalue weighted by atomic mass is 9.86. The highest BCUT2D eigenvalue weighted by atomic mass is 127. The summed E-state index contributed by atoms with van der Waals surface area (Å²) < 4.78 is 4.81. The summed E-state index contributed by atoms with van der Waals surface area (Å²) in [6.45, 7) is 5.79. The molecule has 2 rings (SSSR count). The largest absolute Gasteiger partial charge is 0.364 e. The van der Waals surface area contributed by atoms with Gasteiger partial charge in [-0.25, -0.2) is 0 Å². The van der Waals surface area contributed by atoms with Crippen LogP contribution in [0.2, 0.25) is 5.02 Å². The van der Waals surface area contributed by atoms with Crippen LogP contribution in [0.5, 0.6) is 0 Å². The van der Waals surface area contributed by atoms with Crippen molar-refractivity contribution in [3.05, 3.63) is 52.9 Å². The van der Waals surface area contributed by atoms with Crippen LogP contribution in [0.3, 0.4) is 0 Å². The molecule has 24 heavy (non-hydrogen) atoms. The third-order valence-electron chi connectivity index (χ3n) is 3.46. The third kappa shape index (κ3) is 7.09. The number of guanidine groups is 1. The van der Waals surface area contributed by atoms with E-state index < -0.39 is 0 Å². The average Bonchev–Trinajstić information content (AvgIpc) is 3.00. The first-order chi connectivity index (χ1) is 11.0. The molecule has 0 fully saturated rings. The van der Waals surface area contributed by atoms with Gasteiger partial charge in [-0.1, -0.05) is 42.7 Å². The zero-order chi connectivity index (χ0) is 16.7. The molecule has 0 amide bonds. The van der Waals surface area contributed by atoms with Gasteiger partial charge in [0.2, 0.25) is 0 Å². The highest BCUT2D eigenvalue weighted by Gasteiger charge is 2.19. The van der Waals surface area contributed by atoms with E-state index in [1.165, 1.54) is 5.56 Å². The fourth-order valence-electron chi connectivity index (χ4n) is 2.31. The van der Waals surface area contributed by atoms with E-state index in [9.17, 15) is 0 Å². The molecule has 0 spiro atoms. The standard InChI is InChI=1S/C17H23ClN4O.HI/c1-17(2,10-13-5-4-6-14(18)9-13)12-21-16(19-3)20-11-15-7-8-23-22-15;/h4-9H,10-12H2,1-3H3,(H2,19,20,21);1H. The summed E-state index contributed by atoms with van der Waals surface area (Å²) in [5, 5.41) is 11.2. The van der Waals surface area contributed by atoms with Crippen LogP contribution < -0.4 is 10.6 Å². The molecule has 0 radical (unpaired) electrons. The molecule has 2 aromatic rings. The van der Waals surface area contributed by atoms with Crippen LogP contribution in [0.15, 0.2) is 46.1 Å². The monoisotopic (exact) mass is 462 g/mol. The van der Waals surface area contributed by atoms with Crippen molar-refractivity contribution < 1.29 is 4.52 Å². The summed E-state index contributed by atoms with van der Waals surface area (Å²) in [6, 6.07) is 9.82. The van der Waals surface area contributed by atoms with Gasteiger partial charge in [-0.15, -0.1) is 24.0 Å². The van der Waals surface area contributed by atoms with Crippen molar-refractivity contribution in [1.82, 2.24) is 15.8 Å². The lowest BCUT2D eigenvalue weighted by Gasteiger charge is -2.26. The van der Waals surface area contributed by atoms with Crippen LogP contribution in [0.1, 0.15) is 25.1 Å². The molecular weight excluding hydrogens is 439 g/mol. The SMILES string of the molecule is CN=C(NCc1ccon1)NCC(C)(C)Cc1cccc(Cl)c1.I. The van der Waals surface area contributed by atoms with Gasteiger partial charge in [-0.05, 0) is 29.5 Å². The number of rotatable bonds is 6. The molecule has 1 aromatic heterocycles. The van der Waals surface area contributed by atoms with E-state index in [1.54, 1.807) is 13.3 Å². The van der Waals surface area contributed by atoms with Crippen molar-refractivity contribution in [3.63, 3.8) is 0 Å². The molecule has 0 bridgehead atoms. The van der Waals surface area contributed by atoms with E-state index in [0.717, 1.165) is 29.6 Å². The highest BCUT2D eigenvalue weighted by Crippen LogP contribution is 2.22. The van der Waals surface area contributed by atoms with E-state index in [0.29, 0.717) is 6.54 Å². The maximum Gasteiger partial charge on any atom is 0.191 e. The Morgan fingerprint density at radius 3 is 2.71 bits per heavy atom. The quantitative estimate of drug-likeness (QED) is 0.388. The van der Waals surface area contributed by atoms with Crippen molar-refractivity contribution in [3.8, 4) is 0 Å². The third-order valence-corrected chi connectivity index (χ3v) is 3.69. The maximum absolute atomic E-state index is 6.06. The summed E-state index contributed by atoms with van der Waals surface area (Å²) in [5.41, 5.74) is 2.14. The molecule has 0 aliphatic carbocycles. The van der Waals surface area contributed by atoms with Gasteiger partial charge in [0.15, 0.2) is 5.96 Å². The predicted octanol–water partition coefficient (Wildman–Crippen LogP) is 3.88. The van der Waals surface area contributed by atoms with Gasteiger partial charge in [0.05, 0.1) is 6.54 Å². The molecule has 2 N–H and O–H groups in total. The van der Waals surface area contributed by atoms with Gasteiger partial charge in [-0.2, -0.15) is 0 Å². The van der Waals surface area contributed by atoms with Gasteiger partial charge in [-0.3, -0.25) is 4.99 Å². The molecule has 0 atom stereocenters. The number of aliphatic imine (C=N–C) groups is 1. The minimum Gasteiger partial charge on any atom is -0.364 e. The number of hydrogen-bond acceptors (Lipinski definition) is 3. The van der Waals surface area contributed by atoms with E-state index >= 15 is 0 Å². The molecule has 0 unspecified atom stereocenters. The van der Waals surface area contributed by atoms with Crippen molar-refractivity contribution in [2.45, 2.75) is 26.8 Å².